The molecule has 0 spiro atoms. The fourth-order valence-corrected chi connectivity index (χ4v) is 2.06. The van der Waals surface area contributed by atoms with Gasteiger partial charge < -0.3 is 10.6 Å². The van der Waals surface area contributed by atoms with Gasteiger partial charge in [-0.15, -0.1) is 12.4 Å². The van der Waals surface area contributed by atoms with E-state index >= 15 is 0 Å². The maximum absolute atomic E-state index is 12.1. The summed E-state index contributed by atoms with van der Waals surface area (Å²) in [7, 11) is 0. The maximum atomic E-state index is 12.1. The van der Waals surface area contributed by atoms with Crippen LogP contribution in [-0.4, -0.2) is 29.9 Å². The number of likely N-dealkylation sites (tertiary alicyclic amines) is 1. The molecule has 1 aromatic carbocycles. The average molecular weight is 275 g/mol. The van der Waals surface area contributed by atoms with E-state index in [9.17, 15) is 4.79 Å². The van der Waals surface area contributed by atoms with Crippen LogP contribution in [0.15, 0.2) is 18.2 Å². The van der Waals surface area contributed by atoms with Crippen LogP contribution in [0.2, 0.25) is 5.02 Å². The first-order valence-electron chi connectivity index (χ1n) is 5.39. The third kappa shape index (κ3) is 3.12. The second-order valence-corrected chi connectivity index (χ2v) is 4.67. The van der Waals surface area contributed by atoms with E-state index in [2.05, 4.69) is 0 Å². The lowest BCUT2D eigenvalue weighted by Gasteiger charge is -2.16. The molecule has 5 heteroatoms. The monoisotopic (exact) mass is 274 g/mol. The summed E-state index contributed by atoms with van der Waals surface area (Å²) in [6.45, 7) is 3.30. The molecule has 1 aliphatic rings. The Morgan fingerprint density at radius 2 is 2.24 bits per heavy atom. The zero-order chi connectivity index (χ0) is 11.7. The largest absolute Gasteiger partial charge is 0.337 e. The third-order valence-electron chi connectivity index (χ3n) is 2.93. The van der Waals surface area contributed by atoms with Gasteiger partial charge in [-0.25, -0.2) is 0 Å². The molecule has 1 unspecified atom stereocenters. The van der Waals surface area contributed by atoms with E-state index < -0.39 is 0 Å². The Morgan fingerprint density at radius 1 is 1.53 bits per heavy atom. The Morgan fingerprint density at radius 3 is 2.76 bits per heavy atom. The predicted octanol–water partition coefficient (Wildman–Crippen LogP) is 2.24. The second-order valence-electron chi connectivity index (χ2n) is 4.26. The van der Waals surface area contributed by atoms with Gasteiger partial charge in [0.2, 0.25) is 0 Å². The predicted molar refractivity (Wildman–Crippen MR) is 71.9 cm³/mol. The van der Waals surface area contributed by atoms with Gasteiger partial charge in [-0.05, 0) is 31.0 Å². The number of amides is 1. The molecule has 1 fully saturated rings. The van der Waals surface area contributed by atoms with E-state index in [1.54, 1.807) is 11.0 Å². The highest BCUT2D eigenvalue weighted by molar-refractivity contribution is 6.31. The van der Waals surface area contributed by atoms with Crippen LogP contribution in [0, 0.1) is 6.92 Å². The minimum atomic E-state index is 0. The number of nitrogens with two attached hydrogens (primary N) is 1. The normalized spacial score (nSPS) is 19.0. The minimum Gasteiger partial charge on any atom is -0.337 e. The summed E-state index contributed by atoms with van der Waals surface area (Å²) in [5, 5.41) is 0.634. The number of carbonyl (C=O) groups excluding carboxylic acids is 1. The molecule has 2 N–H and O–H groups in total. The van der Waals surface area contributed by atoms with Crippen LogP contribution in [0.1, 0.15) is 22.3 Å². The molecule has 1 amide bonds. The smallest absolute Gasteiger partial charge is 0.253 e. The molecule has 0 bridgehead atoms. The molecule has 1 aliphatic heterocycles. The lowest BCUT2D eigenvalue weighted by molar-refractivity contribution is 0.0791. The molecule has 1 heterocycles. The van der Waals surface area contributed by atoms with Crippen molar-refractivity contribution in [3.8, 4) is 0 Å². The van der Waals surface area contributed by atoms with Crippen molar-refractivity contribution < 1.29 is 4.79 Å². The van der Waals surface area contributed by atoms with Gasteiger partial charge in [0, 0.05) is 29.7 Å². The van der Waals surface area contributed by atoms with Crippen LogP contribution in [0.5, 0.6) is 0 Å². The van der Waals surface area contributed by atoms with Crippen molar-refractivity contribution in [3.05, 3.63) is 34.3 Å². The van der Waals surface area contributed by atoms with Crippen LogP contribution in [-0.2, 0) is 0 Å². The standard InChI is InChI=1S/C12H15ClN2O.ClH/c1-8-2-3-9(6-11(8)13)12(16)15-5-4-10(14)7-15;/h2-3,6,10H,4-5,7,14H2,1H3;1H. The molecule has 0 radical (unpaired) electrons. The summed E-state index contributed by atoms with van der Waals surface area (Å²) in [6, 6.07) is 5.52. The van der Waals surface area contributed by atoms with Gasteiger partial charge in [-0.1, -0.05) is 17.7 Å². The number of rotatable bonds is 1. The molecular formula is C12H16Cl2N2O. The third-order valence-corrected chi connectivity index (χ3v) is 3.34. The molecule has 0 aliphatic carbocycles. The van der Waals surface area contributed by atoms with E-state index in [1.165, 1.54) is 0 Å². The van der Waals surface area contributed by atoms with Crippen molar-refractivity contribution in [3.63, 3.8) is 0 Å². The Balaban J connectivity index is 0.00000144. The van der Waals surface area contributed by atoms with Gasteiger partial charge in [0.15, 0.2) is 0 Å². The number of hydrogen-bond acceptors (Lipinski definition) is 2. The summed E-state index contributed by atoms with van der Waals surface area (Å²) in [4.78, 5) is 13.9. The van der Waals surface area contributed by atoms with E-state index in [0.29, 0.717) is 17.1 Å². The highest BCUT2D eigenvalue weighted by atomic mass is 35.5. The fraction of sp³-hybridized carbons (Fsp3) is 0.417. The van der Waals surface area contributed by atoms with Crippen molar-refractivity contribution in [2.45, 2.75) is 19.4 Å². The van der Waals surface area contributed by atoms with Crippen LogP contribution in [0.4, 0.5) is 0 Å². The molecule has 3 nitrogen and oxygen atoms in total. The number of halogens is 2. The van der Waals surface area contributed by atoms with Crippen molar-refractivity contribution in [1.82, 2.24) is 4.90 Å². The molecule has 1 atom stereocenters. The molecule has 17 heavy (non-hydrogen) atoms. The van der Waals surface area contributed by atoms with Gasteiger partial charge in [0.1, 0.15) is 0 Å². The SMILES string of the molecule is Cc1ccc(C(=O)N2CCC(N)C2)cc1Cl.Cl. The van der Waals surface area contributed by atoms with E-state index in [1.807, 2.05) is 19.1 Å². The van der Waals surface area contributed by atoms with Crippen LogP contribution < -0.4 is 5.73 Å². The lowest BCUT2D eigenvalue weighted by atomic mass is 10.1. The van der Waals surface area contributed by atoms with E-state index in [0.717, 1.165) is 18.5 Å². The number of nitrogens with zero attached hydrogens (tertiary/aromatic N) is 1. The molecule has 1 aromatic rings. The molecule has 0 aromatic heterocycles. The van der Waals surface area contributed by atoms with Crippen LogP contribution >= 0.6 is 24.0 Å². The molecule has 0 saturated carbocycles. The fourth-order valence-electron chi connectivity index (χ4n) is 1.88. The molecular weight excluding hydrogens is 259 g/mol. The Kier molecular flexibility index (Phi) is 4.80. The van der Waals surface area contributed by atoms with Gasteiger partial charge in [-0.2, -0.15) is 0 Å². The Labute approximate surface area is 112 Å². The number of hydrogen-bond donors (Lipinski definition) is 1. The minimum absolute atomic E-state index is 0. The van der Waals surface area contributed by atoms with Crippen molar-refractivity contribution in [1.29, 1.82) is 0 Å². The average Bonchev–Trinajstić information content (AvgIpc) is 2.68. The summed E-state index contributed by atoms with van der Waals surface area (Å²) in [6.07, 6.45) is 0.880. The van der Waals surface area contributed by atoms with Crippen LogP contribution in [0.3, 0.4) is 0 Å². The first-order valence-corrected chi connectivity index (χ1v) is 5.76. The van der Waals surface area contributed by atoms with Crippen molar-refractivity contribution in [2.24, 2.45) is 5.73 Å². The van der Waals surface area contributed by atoms with Crippen molar-refractivity contribution in [2.75, 3.05) is 13.1 Å². The second kappa shape index (κ2) is 5.71. The molecule has 1 saturated heterocycles. The number of aryl methyl sites for hydroxylation is 1. The zero-order valence-electron chi connectivity index (χ0n) is 9.65. The quantitative estimate of drug-likeness (QED) is 0.854. The van der Waals surface area contributed by atoms with Gasteiger partial charge in [-0.3, -0.25) is 4.79 Å². The first-order chi connectivity index (χ1) is 7.58. The topological polar surface area (TPSA) is 46.3 Å². The molecule has 2 rings (SSSR count). The van der Waals surface area contributed by atoms with E-state index in [4.69, 9.17) is 17.3 Å². The zero-order valence-corrected chi connectivity index (χ0v) is 11.2. The lowest BCUT2D eigenvalue weighted by Crippen LogP contribution is -2.31. The highest BCUT2D eigenvalue weighted by Crippen LogP contribution is 2.19. The van der Waals surface area contributed by atoms with Gasteiger partial charge in [0.05, 0.1) is 0 Å². The number of benzene rings is 1. The Bertz CT molecular complexity index is 423. The first kappa shape index (κ1) is 14.3. The van der Waals surface area contributed by atoms with Gasteiger partial charge in [0.25, 0.3) is 5.91 Å². The highest BCUT2D eigenvalue weighted by Gasteiger charge is 2.24. The van der Waals surface area contributed by atoms with Crippen LogP contribution in [0.25, 0.3) is 0 Å². The summed E-state index contributed by atoms with van der Waals surface area (Å²) in [5.41, 5.74) is 7.40. The van der Waals surface area contributed by atoms with Crippen molar-refractivity contribution >= 4 is 29.9 Å². The maximum Gasteiger partial charge on any atom is 0.253 e. The summed E-state index contributed by atoms with van der Waals surface area (Å²) < 4.78 is 0. The van der Waals surface area contributed by atoms with Gasteiger partial charge >= 0.3 is 0 Å². The summed E-state index contributed by atoms with van der Waals surface area (Å²) in [5.74, 6) is 0.0230. The molecule has 94 valence electrons. The summed E-state index contributed by atoms with van der Waals surface area (Å²) >= 11 is 6.00. The Hall–Kier alpha value is -0.770. The number of carbonyl (C=O) groups is 1. The van der Waals surface area contributed by atoms with E-state index in [-0.39, 0.29) is 24.4 Å².